The summed E-state index contributed by atoms with van der Waals surface area (Å²) in [5, 5.41) is 2.53. The SMILES string of the molecule is Cc1ccc2cc(-c3cnc(CCCN)[nH]3)ccc2c1. The highest BCUT2D eigenvalue weighted by Crippen LogP contribution is 2.24. The Balaban J connectivity index is 1.93. The molecule has 1 aromatic heterocycles. The molecule has 2 aromatic carbocycles. The van der Waals surface area contributed by atoms with Gasteiger partial charge in [-0.3, -0.25) is 0 Å². The lowest BCUT2D eigenvalue weighted by Crippen LogP contribution is -2.01. The number of imidazole rings is 1. The largest absolute Gasteiger partial charge is 0.342 e. The van der Waals surface area contributed by atoms with Crippen molar-refractivity contribution >= 4 is 10.8 Å². The molecule has 0 saturated heterocycles. The van der Waals surface area contributed by atoms with Gasteiger partial charge in [0.05, 0.1) is 11.9 Å². The first-order valence-electron chi connectivity index (χ1n) is 7.01. The van der Waals surface area contributed by atoms with Crippen LogP contribution in [0, 0.1) is 6.92 Å². The molecule has 0 fully saturated rings. The minimum Gasteiger partial charge on any atom is -0.342 e. The summed E-state index contributed by atoms with van der Waals surface area (Å²) in [6.45, 7) is 2.82. The maximum atomic E-state index is 5.53. The van der Waals surface area contributed by atoms with Gasteiger partial charge in [-0.15, -0.1) is 0 Å². The molecule has 0 saturated carbocycles. The van der Waals surface area contributed by atoms with E-state index in [1.165, 1.54) is 21.9 Å². The van der Waals surface area contributed by atoms with Crippen molar-refractivity contribution in [2.45, 2.75) is 19.8 Å². The maximum absolute atomic E-state index is 5.53. The van der Waals surface area contributed by atoms with Crippen LogP contribution in [-0.4, -0.2) is 16.5 Å². The number of nitrogens with zero attached hydrogens (tertiary/aromatic N) is 1. The van der Waals surface area contributed by atoms with Gasteiger partial charge in [-0.05, 0) is 36.7 Å². The molecule has 0 aliphatic rings. The molecule has 3 nitrogen and oxygen atoms in total. The van der Waals surface area contributed by atoms with Crippen LogP contribution in [0.1, 0.15) is 17.8 Å². The Bertz CT molecular complexity index is 728. The fourth-order valence-electron chi connectivity index (χ4n) is 2.44. The van der Waals surface area contributed by atoms with Crippen molar-refractivity contribution in [3.8, 4) is 11.3 Å². The Labute approximate surface area is 118 Å². The number of H-pyrrole nitrogens is 1. The van der Waals surface area contributed by atoms with Crippen molar-refractivity contribution in [3.63, 3.8) is 0 Å². The molecule has 1 heterocycles. The number of hydrogen-bond acceptors (Lipinski definition) is 2. The summed E-state index contributed by atoms with van der Waals surface area (Å²) in [7, 11) is 0. The van der Waals surface area contributed by atoms with E-state index in [0.717, 1.165) is 24.4 Å². The topological polar surface area (TPSA) is 54.7 Å². The molecule has 0 aliphatic heterocycles. The zero-order valence-corrected chi connectivity index (χ0v) is 11.7. The second-order valence-corrected chi connectivity index (χ2v) is 5.20. The maximum Gasteiger partial charge on any atom is 0.106 e. The molecule has 0 bridgehead atoms. The van der Waals surface area contributed by atoms with E-state index in [9.17, 15) is 0 Å². The molecule has 3 aromatic rings. The van der Waals surface area contributed by atoms with Crippen molar-refractivity contribution in [2.24, 2.45) is 5.73 Å². The number of fused-ring (bicyclic) bond motifs is 1. The quantitative estimate of drug-likeness (QED) is 0.759. The van der Waals surface area contributed by atoms with Gasteiger partial charge in [0, 0.05) is 12.0 Å². The third-order valence-corrected chi connectivity index (χ3v) is 3.55. The number of rotatable bonds is 4. The van der Waals surface area contributed by atoms with E-state index < -0.39 is 0 Å². The van der Waals surface area contributed by atoms with Gasteiger partial charge >= 0.3 is 0 Å². The molecule has 0 atom stereocenters. The summed E-state index contributed by atoms with van der Waals surface area (Å²) in [6, 6.07) is 13.0. The normalized spacial score (nSPS) is 11.1. The van der Waals surface area contributed by atoms with E-state index >= 15 is 0 Å². The molecule has 0 aliphatic carbocycles. The third kappa shape index (κ3) is 2.58. The fraction of sp³-hybridized carbons (Fsp3) is 0.235. The van der Waals surface area contributed by atoms with Gasteiger partial charge in [0.2, 0.25) is 0 Å². The predicted octanol–water partition coefficient (Wildman–Crippen LogP) is 3.43. The number of nitrogens with one attached hydrogen (secondary N) is 1. The molecule has 0 amide bonds. The second-order valence-electron chi connectivity index (χ2n) is 5.20. The van der Waals surface area contributed by atoms with Gasteiger partial charge in [-0.2, -0.15) is 0 Å². The molecule has 0 radical (unpaired) electrons. The Hall–Kier alpha value is -2.13. The summed E-state index contributed by atoms with van der Waals surface area (Å²) in [4.78, 5) is 7.79. The zero-order chi connectivity index (χ0) is 13.9. The molecule has 3 N–H and O–H groups in total. The molecule has 20 heavy (non-hydrogen) atoms. The first-order valence-corrected chi connectivity index (χ1v) is 7.01. The lowest BCUT2D eigenvalue weighted by molar-refractivity contribution is 0.794. The van der Waals surface area contributed by atoms with Crippen LogP contribution in [0.4, 0.5) is 0 Å². The van der Waals surface area contributed by atoms with Crippen LogP contribution >= 0.6 is 0 Å². The van der Waals surface area contributed by atoms with Gasteiger partial charge in [0.25, 0.3) is 0 Å². The van der Waals surface area contributed by atoms with Gasteiger partial charge in [-0.1, -0.05) is 35.9 Å². The van der Waals surface area contributed by atoms with Gasteiger partial charge in [0.15, 0.2) is 0 Å². The zero-order valence-electron chi connectivity index (χ0n) is 11.7. The van der Waals surface area contributed by atoms with Crippen LogP contribution in [-0.2, 0) is 6.42 Å². The molecule has 102 valence electrons. The Kier molecular flexibility index (Phi) is 3.52. The van der Waals surface area contributed by atoms with Gasteiger partial charge < -0.3 is 10.7 Å². The molecular weight excluding hydrogens is 246 g/mol. The minimum atomic E-state index is 0.700. The first kappa shape index (κ1) is 12.9. The monoisotopic (exact) mass is 265 g/mol. The number of hydrogen-bond donors (Lipinski definition) is 2. The number of aromatic amines is 1. The van der Waals surface area contributed by atoms with Crippen LogP contribution in [0.5, 0.6) is 0 Å². The van der Waals surface area contributed by atoms with Crippen molar-refractivity contribution in [3.05, 3.63) is 54.0 Å². The van der Waals surface area contributed by atoms with Crippen LogP contribution in [0.15, 0.2) is 42.6 Å². The summed E-state index contributed by atoms with van der Waals surface area (Å²) in [6.07, 6.45) is 3.77. The number of benzene rings is 2. The predicted molar refractivity (Wildman–Crippen MR) is 83.6 cm³/mol. The van der Waals surface area contributed by atoms with Gasteiger partial charge in [-0.25, -0.2) is 4.98 Å². The summed E-state index contributed by atoms with van der Waals surface area (Å²) in [5.41, 5.74) is 9.06. The Morgan fingerprint density at radius 1 is 1.10 bits per heavy atom. The van der Waals surface area contributed by atoms with E-state index in [2.05, 4.69) is 53.3 Å². The molecule has 0 spiro atoms. The van der Waals surface area contributed by atoms with Crippen LogP contribution in [0.2, 0.25) is 0 Å². The number of aryl methyl sites for hydroxylation is 2. The van der Waals surface area contributed by atoms with Crippen molar-refractivity contribution in [2.75, 3.05) is 6.54 Å². The lowest BCUT2D eigenvalue weighted by atomic mass is 10.0. The number of aromatic nitrogens is 2. The first-order chi connectivity index (χ1) is 9.76. The summed E-state index contributed by atoms with van der Waals surface area (Å²) >= 11 is 0. The lowest BCUT2D eigenvalue weighted by Gasteiger charge is -2.03. The fourth-order valence-corrected chi connectivity index (χ4v) is 2.44. The Morgan fingerprint density at radius 2 is 1.90 bits per heavy atom. The van der Waals surface area contributed by atoms with Crippen LogP contribution in [0.25, 0.3) is 22.0 Å². The highest BCUT2D eigenvalue weighted by atomic mass is 14.9. The van der Waals surface area contributed by atoms with Crippen LogP contribution < -0.4 is 5.73 Å². The summed E-state index contributed by atoms with van der Waals surface area (Å²) < 4.78 is 0. The van der Waals surface area contributed by atoms with E-state index in [-0.39, 0.29) is 0 Å². The molecular formula is C17H19N3. The number of nitrogens with two attached hydrogens (primary N) is 1. The third-order valence-electron chi connectivity index (χ3n) is 3.55. The summed E-state index contributed by atoms with van der Waals surface area (Å²) in [5.74, 6) is 1.01. The van der Waals surface area contributed by atoms with E-state index in [0.29, 0.717) is 6.54 Å². The molecule has 3 rings (SSSR count). The molecule has 3 heteroatoms. The van der Waals surface area contributed by atoms with Gasteiger partial charge in [0.1, 0.15) is 5.82 Å². The average molecular weight is 265 g/mol. The highest BCUT2D eigenvalue weighted by molar-refractivity contribution is 5.87. The second kappa shape index (κ2) is 5.47. The van der Waals surface area contributed by atoms with Crippen molar-refractivity contribution in [1.82, 2.24) is 9.97 Å². The van der Waals surface area contributed by atoms with Crippen molar-refractivity contribution < 1.29 is 0 Å². The Morgan fingerprint density at radius 3 is 2.75 bits per heavy atom. The van der Waals surface area contributed by atoms with Crippen LogP contribution in [0.3, 0.4) is 0 Å². The van der Waals surface area contributed by atoms with Crippen molar-refractivity contribution in [1.29, 1.82) is 0 Å². The van der Waals surface area contributed by atoms with E-state index in [1.807, 2.05) is 6.20 Å². The van der Waals surface area contributed by atoms with E-state index in [4.69, 9.17) is 5.73 Å². The minimum absolute atomic E-state index is 0.700. The molecule has 0 unspecified atom stereocenters. The highest BCUT2D eigenvalue weighted by Gasteiger charge is 2.04. The van der Waals surface area contributed by atoms with E-state index in [1.54, 1.807) is 0 Å². The smallest absolute Gasteiger partial charge is 0.106 e. The average Bonchev–Trinajstić information content (AvgIpc) is 2.93. The standard InChI is InChI=1S/C17H19N3/c1-12-4-5-14-10-15(7-6-13(14)9-12)16-11-19-17(20-16)3-2-8-18/h4-7,9-11H,2-3,8,18H2,1H3,(H,19,20).